The predicted molar refractivity (Wildman–Crippen MR) is 82.7 cm³/mol. The molecule has 2 rings (SSSR count). The van der Waals surface area contributed by atoms with E-state index >= 15 is 0 Å². The van der Waals surface area contributed by atoms with Crippen LogP contribution in [0, 0.1) is 20.8 Å². The van der Waals surface area contributed by atoms with Crippen molar-refractivity contribution in [1.29, 1.82) is 0 Å². The van der Waals surface area contributed by atoms with Gasteiger partial charge in [0.2, 0.25) is 0 Å². The molecule has 0 amide bonds. The average Bonchev–Trinajstić information content (AvgIpc) is 2.27. The van der Waals surface area contributed by atoms with Crippen molar-refractivity contribution in [2.75, 3.05) is 0 Å². The highest BCUT2D eigenvalue weighted by Crippen LogP contribution is 2.25. The molecule has 1 unspecified atom stereocenters. The fourth-order valence-corrected chi connectivity index (χ4v) is 3.01. The molecule has 100 valence electrons. The minimum absolute atomic E-state index is 0.0130. The molecule has 2 N–H and O–H groups in total. The van der Waals surface area contributed by atoms with Crippen LogP contribution >= 0.6 is 11.6 Å². The lowest BCUT2D eigenvalue weighted by atomic mass is 9.91. The molecule has 1 atom stereocenters. The van der Waals surface area contributed by atoms with E-state index in [2.05, 4.69) is 39.0 Å². The Morgan fingerprint density at radius 2 is 1.68 bits per heavy atom. The van der Waals surface area contributed by atoms with E-state index < -0.39 is 0 Å². The van der Waals surface area contributed by atoms with Gasteiger partial charge < -0.3 is 5.73 Å². The topological polar surface area (TPSA) is 26.0 Å². The van der Waals surface area contributed by atoms with Crippen molar-refractivity contribution in [1.82, 2.24) is 0 Å². The fourth-order valence-electron chi connectivity index (χ4n) is 2.80. The van der Waals surface area contributed by atoms with Crippen LogP contribution in [0.25, 0.3) is 0 Å². The number of benzene rings is 2. The molecule has 0 aliphatic carbocycles. The number of aryl methyl sites for hydroxylation is 3. The predicted octanol–water partition coefficient (Wildman–Crippen LogP) is 4.51. The number of hydrogen-bond acceptors (Lipinski definition) is 1. The zero-order valence-electron chi connectivity index (χ0n) is 11.7. The summed E-state index contributed by atoms with van der Waals surface area (Å²) < 4.78 is 0. The molecule has 0 heterocycles. The Balaban J connectivity index is 2.28. The first-order valence-corrected chi connectivity index (χ1v) is 6.93. The standard InChI is InChI=1S/C17H20ClN/c1-11-7-12(2)17(13(3)8-11)16(19)10-14-5-4-6-15(18)9-14/h4-9,16H,10,19H2,1-3H3. The van der Waals surface area contributed by atoms with Crippen LogP contribution in [-0.2, 0) is 6.42 Å². The first-order valence-electron chi connectivity index (χ1n) is 6.55. The van der Waals surface area contributed by atoms with E-state index in [9.17, 15) is 0 Å². The fraction of sp³-hybridized carbons (Fsp3) is 0.294. The Morgan fingerprint density at radius 1 is 1.05 bits per heavy atom. The van der Waals surface area contributed by atoms with Gasteiger partial charge >= 0.3 is 0 Å². The Kier molecular flexibility index (Phi) is 4.28. The van der Waals surface area contributed by atoms with Crippen molar-refractivity contribution in [3.8, 4) is 0 Å². The molecule has 2 aromatic carbocycles. The molecule has 0 aromatic heterocycles. The summed E-state index contributed by atoms with van der Waals surface area (Å²) in [5.74, 6) is 0. The number of nitrogens with two attached hydrogens (primary N) is 1. The second-order valence-corrected chi connectivity index (χ2v) is 5.69. The van der Waals surface area contributed by atoms with Gasteiger partial charge in [-0.2, -0.15) is 0 Å². The van der Waals surface area contributed by atoms with Gasteiger partial charge in [0.1, 0.15) is 0 Å². The molecule has 0 bridgehead atoms. The van der Waals surface area contributed by atoms with Gasteiger partial charge in [0, 0.05) is 11.1 Å². The van der Waals surface area contributed by atoms with E-state index in [1.807, 2.05) is 18.2 Å². The molecule has 19 heavy (non-hydrogen) atoms. The Hall–Kier alpha value is -1.31. The van der Waals surface area contributed by atoms with Crippen LogP contribution in [0.1, 0.15) is 33.9 Å². The van der Waals surface area contributed by atoms with E-state index in [1.165, 1.54) is 27.8 Å². The van der Waals surface area contributed by atoms with Crippen molar-refractivity contribution in [3.63, 3.8) is 0 Å². The molecule has 0 fully saturated rings. The lowest BCUT2D eigenvalue weighted by molar-refractivity contribution is 0.711. The summed E-state index contributed by atoms with van der Waals surface area (Å²) in [7, 11) is 0. The largest absolute Gasteiger partial charge is 0.324 e. The molecular weight excluding hydrogens is 254 g/mol. The molecule has 0 spiro atoms. The summed E-state index contributed by atoms with van der Waals surface area (Å²) in [5.41, 5.74) is 12.6. The van der Waals surface area contributed by atoms with E-state index in [0.717, 1.165) is 11.4 Å². The van der Waals surface area contributed by atoms with Gasteiger partial charge in [0.25, 0.3) is 0 Å². The minimum Gasteiger partial charge on any atom is -0.324 e. The van der Waals surface area contributed by atoms with Crippen molar-refractivity contribution in [2.24, 2.45) is 5.73 Å². The van der Waals surface area contributed by atoms with Gasteiger partial charge in [-0.25, -0.2) is 0 Å². The first-order chi connectivity index (χ1) is 8.97. The van der Waals surface area contributed by atoms with Gasteiger partial charge in [-0.15, -0.1) is 0 Å². The summed E-state index contributed by atoms with van der Waals surface area (Å²) in [6.07, 6.45) is 0.811. The molecular formula is C17H20ClN. The number of rotatable bonds is 3. The monoisotopic (exact) mass is 273 g/mol. The molecule has 2 heteroatoms. The molecule has 0 saturated carbocycles. The SMILES string of the molecule is Cc1cc(C)c(C(N)Cc2cccc(Cl)c2)c(C)c1. The average molecular weight is 274 g/mol. The van der Waals surface area contributed by atoms with Crippen molar-refractivity contribution < 1.29 is 0 Å². The third kappa shape index (κ3) is 3.37. The second kappa shape index (κ2) is 5.77. The Bertz CT molecular complexity index is 567. The minimum atomic E-state index is 0.0130. The normalized spacial score (nSPS) is 12.5. The zero-order valence-corrected chi connectivity index (χ0v) is 12.5. The Labute approximate surface area is 120 Å². The lowest BCUT2D eigenvalue weighted by Crippen LogP contribution is -2.16. The molecule has 0 radical (unpaired) electrons. The van der Waals surface area contributed by atoms with Crippen LogP contribution in [0.5, 0.6) is 0 Å². The summed E-state index contributed by atoms with van der Waals surface area (Å²) in [6.45, 7) is 6.38. The third-order valence-corrected chi connectivity index (χ3v) is 3.69. The van der Waals surface area contributed by atoms with E-state index in [4.69, 9.17) is 17.3 Å². The van der Waals surface area contributed by atoms with E-state index in [-0.39, 0.29) is 6.04 Å². The maximum absolute atomic E-state index is 6.39. The molecule has 1 nitrogen and oxygen atoms in total. The van der Waals surface area contributed by atoms with Crippen LogP contribution in [0.3, 0.4) is 0 Å². The van der Waals surface area contributed by atoms with Crippen molar-refractivity contribution >= 4 is 11.6 Å². The molecule has 2 aromatic rings. The smallest absolute Gasteiger partial charge is 0.0408 e. The summed E-state index contributed by atoms with van der Waals surface area (Å²) in [6, 6.07) is 12.3. The Morgan fingerprint density at radius 3 is 2.26 bits per heavy atom. The highest BCUT2D eigenvalue weighted by Gasteiger charge is 2.13. The zero-order chi connectivity index (χ0) is 14.0. The highest BCUT2D eigenvalue weighted by molar-refractivity contribution is 6.30. The maximum Gasteiger partial charge on any atom is 0.0408 e. The number of halogens is 1. The third-order valence-electron chi connectivity index (χ3n) is 3.45. The van der Waals surface area contributed by atoms with Crippen LogP contribution in [0.4, 0.5) is 0 Å². The van der Waals surface area contributed by atoms with Crippen LogP contribution < -0.4 is 5.73 Å². The second-order valence-electron chi connectivity index (χ2n) is 5.25. The highest BCUT2D eigenvalue weighted by atomic mass is 35.5. The molecule has 0 aliphatic rings. The van der Waals surface area contributed by atoms with Gasteiger partial charge in [-0.1, -0.05) is 41.4 Å². The van der Waals surface area contributed by atoms with Gasteiger partial charge in [-0.05, 0) is 61.6 Å². The van der Waals surface area contributed by atoms with E-state index in [0.29, 0.717) is 0 Å². The quantitative estimate of drug-likeness (QED) is 0.875. The first kappa shape index (κ1) is 14.1. The van der Waals surface area contributed by atoms with Gasteiger partial charge in [0.15, 0.2) is 0 Å². The van der Waals surface area contributed by atoms with Crippen LogP contribution in [0.2, 0.25) is 5.02 Å². The molecule has 0 aliphatic heterocycles. The van der Waals surface area contributed by atoms with E-state index in [1.54, 1.807) is 0 Å². The lowest BCUT2D eigenvalue weighted by Gasteiger charge is -2.18. The summed E-state index contributed by atoms with van der Waals surface area (Å²) >= 11 is 6.02. The van der Waals surface area contributed by atoms with Crippen LogP contribution in [0.15, 0.2) is 36.4 Å². The van der Waals surface area contributed by atoms with Crippen molar-refractivity contribution in [2.45, 2.75) is 33.2 Å². The van der Waals surface area contributed by atoms with Gasteiger partial charge in [0.05, 0.1) is 0 Å². The van der Waals surface area contributed by atoms with Crippen LogP contribution in [-0.4, -0.2) is 0 Å². The van der Waals surface area contributed by atoms with Gasteiger partial charge in [-0.3, -0.25) is 0 Å². The van der Waals surface area contributed by atoms with Crippen molar-refractivity contribution in [3.05, 3.63) is 69.2 Å². The summed E-state index contributed by atoms with van der Waals surface area (Å²) in [4.78, 5) is 0. The summed E-state index contributed by atoms with van der Waals surface area (Å²) in [5, 5.41) is 0.766. The molecule has 0 saturated heterocycles. The maximum atomic E-state index is 6.39. The number of hydrogen-bond donors (Lipinski definition) is 1.